The zero-order valence-corrected chi connectivity index (χ0v) is 14.4. The predicted octanol–water partition coefficient (Wildman–Crippen LogP) is 2.39. The summed E-state index contributed by atoms with van der Waals surface area (Å²) in [6, 6.07) is 16.5. The van der Waals surface area contributed by atoms with Gasteiger partial charge in [0, 0.05) is 38.3 Å². The zero-order chi connectivity index (χ0) is 14.4. The van der Waals surface area contributed by atoms with E-state index in [0.29, 0.717) is 11.1 Å². The van der Waals surface area contributed by atoms with Gasteiger partial charge in [-0.15, -0.1) is 0 Å². The smallest absolute Gasteiger partial charge is 0.247 e. The molecule has 0 aromatic heterocycles. The molecular weight excluding hydrogens is 341 g/mol. The molecule has 0 unspecified atom stereocenters. The number of carbonyl (C=O) groups excluding carboxylic acids is 2. The van der Waals surface area contributed by atoms with Crippen molar-refractivity contribution in [2.45, 2.75) is 6.92 Å². The molecule has 4 nitrogen and oxygen atoms in total. The zero-order valence-electron chi connectivity index (χ0n) is 11.5. The second kappa shape index (κ2) is 8.60. The van der Waals surface area contributed by atoms with Gasteiger partial charge in [-0.2, -0.15) is 35.4 Å². The van der Waals surface area contributed by atoms with Gasteiger partial charge in [0.05, 0.1) is 6.21 Å². The first-order valence-corrected chi connectivity index (χ1v) is 6.07. The maximum Gasteiger partial charge on any atom is 0.247 e. The van der Waals surface area contributed by atoms with E-state index in [4.69, 9.17) is 0 Å². The van der Waals surface area contributed by atoms with Crippen LogP contribution in [0.5, 0.6) is 0 Å². The number of Topliss-reactive ketones (excluding diaryl/α,β-unsaturated/α-hetero) is 1. The standard InChI is InChI=1S/C16H13N2O2.Y/c1-12-7-9-13(10-8-12)15(19)11-17-18-16(20)14-5-3-2-4-6-14;/h3-11H,1H3,(H,18,20);/q-1;/b17-11+;. The Bertz CT molecular complexity index is 637. The van der Waals surface area contributed by atoms with Crippen molar-refractivity contribution in [1.82, 2.24) is 5.43 Å². The van der Waals surface area contributed by atoms with Crippen LogP contribution in [0.25, 0.3) is 0 Å². The number of aryl methyl sites for hydroxylation is 1. The van der Waals surface area contributed by atoms with Crippen molar-refractivity contribution in [3.05, 3.63) is 71.3 Å². The molecule has 2 aromatic rings. The van der Waals surface area contributed by atoms with Crippen LogP contribution >= 0.6 is 0 Å². The number of ketones is 1. The second-order valence-electron chi connectivity index (χ2n) is 4.22. The molecule has 0 atom stereocenters. The van der Waals surface area contributed by atoms with Crippen LogP contribution < -0.4 is 5.43 Å². The summed E-state index contributed by atoms with van der Waals surface area (Å²) < 4.78 is 0. The number of rotatable bonds is 4. The Morgan fingerprint density at radius 1 is 1.05 bits per heavy atom. The predicted molar refractivity (Wildman–Crippen MR) is 76.7 cm³/mol. The summed E-state index contributed by atoms with van der Waals surface area (Å²) in [5, 5.41) is 3.66. The van der Waals surface area contributed by atoms with Crippen molar-refractivity contribution >= 4 is 17.9 Å². The van der Waals surface area contributed by atoms with Crippen molar-refractivity contribution in [2.24, 2.45) is 5.10 Å². The molecule has 0 aliphatic carbocycles. The molecule has 0 spiro atoms. The fourth-order valence-corrected chi connectivity index (χ4v) is 1.54. The van der Waals surface area contributed by atoms with E-state index in [0.717, 1.165) is 11.8 Å². The molecule has 0 heterocycles. The van der Waals surface area contributed by atoms with E-state index in [1.54, 1.807) is 36.4 Å². The molecule has 0 aliphatic heterocycles. The number of benzene rings is 2. The van der Waals surface area contributed by atoms with Gasteiger partial charge in [-0.05, 0) is 6.92 Å². The Morgan fingerprint density at radius 3 is 2.29 bits per heavy atom. The third-order valence-electron chi connectivity index (χ3n) is 2.66. The molecular formula is C16H13N2O2Y-. The fourth-order valence-electron chi connectivity index (χ4n) is 1.54. The summed E-state index contributed by atoms with van der Waals surface area (Å²) in [5.74, 6) is -0.626. The molecule has 0 aliphatic rings. The van der Waals surface area contributed by atoms with Gasteiger partial charge in [-0.1, -0.05) is 35.4 Å². The van der Waals surface area contributed by atoms with Gasteiger partial charge >= 0.3 is 0 Å². The Kier molecular flexibility index (Phi) is 7.13. The first-order chi connectivity index (χ1) is 9.66. The topological polar surface area (TPSA) is 58.5 Å². The Balaban J connectivity index is 0.00000220. The SMILES string of the molecule is Cc1ccc(C(=O)/C=N/NC(=O)c2cc[c-]cc2)cc1.[Y]. The van der Waals surface area contributed by atoms with Gasteiger partial charge in [0.15, 0.2) is 0 Å². The quantitative estimate of drug-likeness (QED) is 0.397. The molecule has 1 amide bonds. The number of carbonyl (C=O) groups is 2. The molecule has 1 radical (unpaired) electrons. The molecule has 2 rings (SSSR count). The van der Waals surface area contributed by atoms with Crippen LogP contribution in [0.1, 0.15) is 26.3 Å². The van der Waals surface area contributed by atoms with Crippen molar-refractivity contribution in [2.75, 3.05) is 0 Å². The number of nitrogens with one attached hydrogen (secondary N) is 1. The van der Waals surface area contributed by atoms with E-state index in [9.17, 15) is 9.59 Å². The number of hydrazone groups is 1. The van der Waals surface area contributed by atoms with Crippen LogP contribution in [-0.2, 0) is 32.7 Å². The second-order valence-corrected chi connectivity index (χ2v) is 4.22. The first kappa shape index (κ1) is 17.4. The summed E-state index contributed by atoms with van der Waals surface area (Å²) >= 11 is 0. The van der Waals surface area contributed by atoms with Gasteiger partial charge in [-0.25, -0.2) is 5.43 Å². The van der Waals surface area contributed by atoms with E-state index in [-0.39, 0.29) is 44.4 Å². The molecule has 103 valence electrons. The van der Waals surface area contributed by atoms with Crippen molar-refractivity contribution in [3.63, 3.8) is 0 Å². The summed E-state index contributed by atoms with van der Waals surface area (Å²) in [4.78, 5) is 23.4. The molecule has 0 saturated carbocycles. The average molecular weight is 354 g/mol. The number of nitrogens with zero attached hydrogens (tertiary/aromatic N) is 1. The van der Waals surface area contributed by atoms with Gasteiger partial charge in [0.2, 0.25) is 11.7 Å². The van der Waals surface area contributed by atoms with Crippen LogP contribution in [0.2, 0.25) is 0 Å². The van der Waals surface area contributed by atoms with E-state index in [1.807, 2.05) is 19.1 Å². The number of hydrogen-bond acceptors (Lipinski definition) is 3. The summed E-state index contributed by atoms with van der Waals surface area (Å²) in [7, 11) is 0. The number of hydrogen-bond donors (Lipinski definition) is 1. The third-order valence-corrected chi connectivity index (χ3v) is 2.66. The van der Waals surface area contributed by atoms with E-state index < -0.39 is 0 Å². The van der Waals surface area contributed by atoms with Gasteiger partial charge < -0.3 is 0 Å². The van der Waals surface area contributed by atoms with Crippen molar-refractivity contribution < 1.29 is 42.3 Å². The fraction of sp³-hybridized carbons (Fsp3) is 0.0625. The molecule has 2 aromatic carbocycles. The Morgan fingerprint density at radius 2 is 1.67 bits per heavy atom. The normalized spacial score (nSPS) is 9.95. The van der Waals surface area contributed by atoms with E-state index in [2.05, 4.69) is 16.6 Å². The van der Waals surface area contributed by atoms with Gasteiger partial charge in [0.1, 0.15) is 0 Å². The summed E-state index contributed by atoms with van der Waals surface area (Å²) in [6.07, 6.45) is 1.09. The summed E-state index contributed by atoms with van der Waals surface area (Å²) in [5.41, 5.74) is 4.38. The summed E-state index contributed by atoms with van der Waals surface area (Å²) in [6.45, 7) is 1.94. The average Bonchev–Trinajstić information content (AvgIpc) is 2.48. The van der Waals surface area contributed by atoms with E-state index >= 15 is 0 Å². The van der Waals surface area contributed by atoms with E-state index in [1.165, 1.54) is 0 Å². The minimum atomic E-state index is -0.369. The minimum absolute atomic E-state index is 0. The molecule has 1 N–H and O–H groups in total. The Hall–Kier alpha value is -1.65. The largest absolute Gasteiger partial charge is 0.287 e. The minimum Gasteiger partial charge on any atom is -0.287 e. The molecule has 0 saturated heterocycles. The van der Waals surface area contributed by atoms with Gasteiger partial charge in [0.25, 0.3) is 0 Å². The van der Waals surface area contributed by atoms with Crippen LogP contribution in [-0.4, -0.2) is 17.9 Å². The van der Waals surface area contributed by atoms with Crippen molar-refractivity contribution in [1.29, 1.82) is 0 Å². The third kappa shape index (κ3) is 5.33. The molecule has 0 fully saturated rings. The van der Waals surface area contributed by atoms with Gasteiger partial charge in [-0.3, -0.25) is 9.59 Å². The first-order valence-electron chi connectivity index (χ1n) is 6.07. The van der Waals surface area contributed by atoms with Crippen LogP contribution in [0.15, 0.2) is 53.6 Å². The maximum absolute atomic E-state index is 11.8. The van der Waals surface area contributed by atoms with Crippen LogP contribution in [0.3, 0.4) is 0 Å². The Labute approximate surface area is 148 Å². The maximum atomic E-state index is 11.8. The molecule has 21 heavy (non-hydrogen) atoms. The molecule has 0 bridgehead atoms. The van der Waals surface area contributed by atoms with Crippen molar-refractivity contribution in [3.8, 4) is 0 Å². The number of amides is 1. The monoisotopic (exact) mass is 354 g/mol. The van der Waals surface area contributed by atoms with Crippen LogP contribution in [0, 0.1) is 13.0 Å². The molecule has 5 heteroatoms. The van der Waals surface area contributed by atoms with Crippen LogP contribution in [0.4, 0.5) is 0 Å².